The third kappa shape index (κ3) is 3.91. The Morgan fingerprint density at radius 3 is 2.81 bits per heavy atom. The van der Waals surface area contributed by atoms with E-state index in [9.17, 15) is 9.18 Å². The summed E-state index contributed by atoms with van der Waals surface area (Å²) in [6.07, 6.45) is 4.41. The summed E-state index contributed by atoms with van der Waals surface area (Å²) in [7, 11) is 1.98. The number of amides is 1. The van der Waals surface area contributed by atoms with Gasteiger partial charge in [-0.25, -0.2) is 4.39 Å². The van der Waals surface area contributed by atoms with Crippen LogP contribution in [0, 0.1) is 5.82 Å². The zero-order valence-corrected chi connectivity index (χ0v) is 17.3. The molecule has 31 heavy (non-hydrogen) atoms. The van der Waals surface area contributed by atoms with Crippen molar-refractivity contribution in [3.8, 4) is 16.9 Å². The first-order chi connectivity index (χ1) is 15.1. The Morgan fingerprint density at radius 1 is 1.16 bits per heavy atom. The highest BCUT2D eigenvalue weighted by atomic mass is 19.1. The van der Waals surface area contributed by atoms with Gasteiger partial charge in [-0.05, 0) is 42.8 Å². The van der Waals surface area contributed by atoms with Crippen molar-refractivity contribution in [2.24, 2.45) is 0 Å². The van der Waals surface area contributed by atoms with Gasteiger partial charge in [-0.2, -0.15) is 0 Å². The Morgan fingerprint density at radius 2 is 2.00 bits per heavy atom. The number of hydrogen-bond donors (Lipinski definition) is 1. The van der Waals surface area contributed by atoms with Gasteiger partial charge in [0.15, 0.2) is 0 Å². The van der Waals surface area contributed by atoms with Gasteiger partial charge in [-0.1, -0.05) is 30.3 Å². The zero-order chi connectivity index (χ0) is 21.4. The summed E-state index contributed by atoms with van der Waals surface area (Å²) in [5.41, 5.74) is 4.82. The number of ether oxygens (including phenoxy) is 1. The molecule has 2 aliphatic rings. The van der Waals surface area contributed by atoms with Crippen molar-refractivity contribution in [2.75, 3.05) is 13.6 Å². The summed E-state index contributed by atoms with van der Waals surface area (Å²) in [5, 5.41) is 3.05. The molecular formula is C25H24FN3O2. The van der Waals surface area contributed by atoms with E-state index in [1.807, 2.05) is 31.3 Å². The number of nitrogens with zero attached hydrogens (tertiary/aromatic N) is 2. The number of rotatable bonds is 4. The number of carbonyl (C=O) groups is 1. The Bertz CT molecular complexity index is 1120. The van der Waals surface area contributed by atoms with E-state index in [1.54, 1.807) is 12.4 Å². The molecule has 158 valence electrons. The van der Waals surface area contributed by atoms with Crippen molar-refractivity contribution in [2.45, 2.75) is 31.5 Å². The normalized spacial score (nSPS) is 19.9. The maximum Gasteiger partial charge on any atom is 0.237 e. The number of fused-ring (bicyclic) bond motifs is 2. The SMILES string of the molecule is CN1Cc2ccccc2CC1C(=O)NCC1Cc2cc(F)cc(-c3cccnc3)c2O1. The van der Waals surface area contributed by atoms with Crippen molar-refractivity contribution in [3.05, 3.63) is 83.4 Å². The minimum Gasteiger partial charge on any atom is -0.487 e. The zero-order valence-electron chi connectivity index (χ0n) is 17.3. The van der Waals surface area contributed by atoms with Gasteiger partial charge in [0.1, 0.15) is 17.7 Å². The topological polar surface area (TPSA) is 54.5 Å². The van der Waals surface area contributed by atoms with E-state index in [0.29, 0.717) is 30.7 Å². The van der Waals surface area contributed by atoms with E-state index in [-0.39, 0.29) is 23.9 Å². The van der Waals surface area contributed by atoms with Crippen molar-refractivity contribution < 1.29 is 13.9 Å². The van der Waals surface area contributed by atoms with Crippen molar-refractivity contribution in [1.82, 2.24) is 15.2 Å². The van der Waals surface area contributed by atoms with Gasteiger partial charge in [0.05, 0.1) is 12.6 Å². The van der Waals surface area contributed by atoms with E-state index in [0.717, 1.165) is 17.7 Å². The highest BCUT2D eigenvalue weighted by Crippen LogP contribution is 2.39. The molecule has 2 aliphatic heterocycles. The first-order valence-electron chi connectivity index (χ1n) is 10.5. The lowest BCUT2D eigenvalue weighted by atomic mass is 9.94. The molecule has 6 heteroatoms. The van der Waals surface area contributed by atoms with E-state index < -0.39 is 0 Å². The highest BCUT2D eigenvalue weighted by Gasteiger charge is 2.31. The third-order valence-electron chi connectivity index (χ3n) is 6.13. The summed E-state index contributed by atoms with van der Waals surface area (Å²) in [4.78, 5) is 19.1. The number of aromatic nitrogens is 1. The van der Waals surface area contributed by atoms with Crippen LogP contribution in [0.4, 0.5) is 4.39 Å². The van der Waals surface area contributed by atoms with Crippen LogP contribution in [0.2, 0.25) is 0 Å². The van der Waals surface area contributed by atoms with Crippen LogP contribution < -0.4 is 10.1 Å². The van der Waals surface area contributed by atoms with Crippen LogP contribution in [0.25, 0.3) is 11.1 Å². The second-order valence-electron chi connectivity index (χ2n) is 8.28. The van der Waals surface area contributed by atoms with Crippen LogP contribution in [0.1, 0.15) is 16.7 Å². The molecule has 1 aromatic heterocycles. The van der Waals surface area contributed by atoms with Gasteiger partial charge in [0.2, 0.25) is 5.91 Å². The van der Waals surface area contributed by atoms with Crippen LogP contribution in [-0.2, 0) is 24.2 Å². The number of halogens is 1. The van der Waals surface area contributed by atoms with Gasteiger partial charge < -0.3 is 10.1 Å². The fourth-order valence-corrected chi connectivity index (χ4v) is 4.52. The van der Waals surface area contributed by atoms with Gasteiger partial charge in [-0.15, -0.1) is 0 Å². The average molecular weight is 417 g/mol. The maximum atomic E-state index is 14.2. The summed E-state index contributed by atoms with van der Waals surface area (Å²) in [6, 6.07) is 14.7. The number of hydrogen-bond acceptors (Lipinski definition) is 4. The summed E-state index contributed by atoms with van der Waals surface area (Å²) in [5.74, 6) is 0.376. The molecule has 0 saturated heterocycles. The average Bonchev–Trinajstić information content (AvgIpc) is 3.19. The highest BCUT2D eigenvalue weighted by molar-refractivity contribution is 5.82. The second kappa shape index (κ2) is 8.12. The summed E-state index contributed by atoms with van der Waals surface area (Å²) < 4.78 is 20.4. The molecule has 5 nitrogen and oxygen atoms in total. The van der Waals surface area contributed by atoms with Crippen molar-refractivity contribution >= 4 is 5.91 Å². The lowest BCUT2D eigenvalue weighted by Gasteiger charge is -2.33. The number of pyridine rings is 1. The smallest absolute Gasteiger partial charge is 0.237 e. The molecule has 2 atom stereocenters. The van der Waals surface area contributed by atoms with E-state index >= 15 is 0 Å². The predicted molar refractivity (Wildman–Crippen MR) is 116 cm³/mol. The first kappa shape index (κ1) is 19.7. The predicted octanol–water partition coefficient (Wildman–Crippen LogP) is 3.36. The quantitative estimate of drug-likeness (QED) is 0.707. The van der Waals surface area contributed by atoms with Crippen LogP contribution in [0.5, 0.6) is 5.75 Å². The Labute approximate surface area is 180 Å². The van der Waals surface area contributed by atoms with Gasteiger partial charge in [0, 0.05) is 42.0 Å². The van der Waals surface area contributed by atoms with Crippen LogP contribution in [0.15, 0.2) is 60.9 Å². The van der Waals surface area contributed by atoms with Gasteiger partial charge in [-0.3, -0.25) is 14.7 Å². The standard InChI is InChI=1S/C25H24FN3O2/c1-29-15-18-6-3-2-5-16(18)11-23(29)25(30)28-14-21-10-19-9-20(26)12-22(24(19)31-21)17-7-4-8-27-13-17/h2-9,12-13,21,23H,10-11,14-15H2,1H3,(H,28,30). The maximum absolute atomic E-state index is 14.2. The third-order valence-corrected chi connectivity index (χ3v) is 6.13. The molecule has 0 aliphatic carbocycles. The largest absolute Gasteiger partial charge is 0.487 e. The molecule has 0 fully saturated rings. The number of benzene rings is 2. The molecule has 1 N–H and O–H groups in total. The molecular weight excluding hydrogens is 393 g/mol. The Balaban J connectivity index is 1.26. The molecule has 2 aromatic carbocycles. The molecule has 0 bridgehead atoms. The van der Waals surface area contributed by atoms with E-state index in [4.69, 9.17) is 4.74 Å². The van der Waals surface area contributed by atoms with E-state index in [2.05, 4.69) is 27.3 Å². The lowest BCUT2D eigenvalue weighted by Crippen LogP contribution is -2.50. The van der Waals surface area contributed by atoms with Crippen LogP contribution in [-0.4, -0.2) is 41.5 Å². The van der Waals surface area contributed by atoms with Crippen LogP contribution in [0.3, 0.4) is 0 Å². The van der Waals surface area contributed by atoms with Crippen molar-refractivity contribution in [1.29, 1.82) is 0 Å². The monoisotopic (exact) mass is 417 g/mol. The number of nitrogens with one attached hydrogen (secondary N) is 1. The number of carbonyl (C=O) groups excluding carboxylic acids is 1. The van der Waals surface area contributed by atoms with Crippen LogP contribution >= 0.6 is 0 Å². The Hall–Kier alpha value is -3.25. The molecule has 3 heterocycles. The number of likely N-dealkylation sites (N-methyl/N-ethyl adjacent to an activating group) is 1. The molecule has 0 radical (unpaired) electrons. The van der Waals surface area contributed by atoms with Gasteiger partial charge >= 0.3 is 0 Å². The Kier molecular flexibility index (Phi) is 5.16. The van der Waals surface area contributed by atoms with Gasteiger partial charge in [0.25, 0.3) is 0 Å². The fraction of sp³-hybridized carbons (Fsp3) is 0.280. The molecule has 5 rings (SSSR count). The summed E-state index contributed by atoms with van der Waals surface area (Å²) >= 11 is 0. The molecule has 1 amide bonds. The van der Waals surface area contributed by atoms with Crippen molar-refractivity contribution in [3.63, 3.8) is 0 Å². The molecule has 0 saturated carbocycles. The first-order valence-corrected chi connectivity index (χ1v) is 10.5. The minimum atomic E-state index is -0.298. The van der Waals surface area contributed by atoms with E-state index in [1.165, 1.54) is 23.3 Å². The summed E-state index contributed by atoms with van der Waals surface area (Å²) in [6.45, 7) is 1.14. The minimum absolute atomic E-state index is 0.00442. The second-order valence-corrected chi connectivity index (χ2v) is 8.28. The molecule has 3 aromatic rings. The fourth-order valence-electron chi connectivity index (χ4n) is 4.52. The molecule has 2 unspecified atom stereocenters. The molecule has 0 spiro atoms. The lowest BCUT2D eigenvalue weighted by molar-refractivity contribution is -0.126.